The lowest BCUT2D eigenvalue weighted by atomic mass is 10.3. The summed E-state index contributed by atoms with van der Waals surface area (Å²) < 4.78 is 0. The highest BCUT2D eigenvalue weighted by molar-refractivity contribution is 9.09. The maximum absolute atomic E-state index is 4.29. The Bertz CT molecular complexity index is 226. The van der Waals surface area contributed by atoms with Gasteiger partial charge in [-0.25, -0.2) is 0 Å². The molecule has 0 radical (unpaired) electrons. The predicted octanol–water partition coefficient (Wildman–Crippen LogP) is 2.30. The van der Waals surface area contributed by atoms with Crippen LogP contribution in [0.2, 0.25) is 0 Å². The van der Waals surface area contributed by atoms with Gasteiger partial charge in [-0.15, -0.1) is 0 Å². The van der Waals surface area contributed by atoms with E-state index in [1.165, 1.54) is 0 Å². The van der Waals surface area contributed by atoms with Crippen molar-refractivity contribution < 1.29 is 0 Å². The summed E-state index contributed by atoms with van der Waals surface area (Å²) in [6.07, 6.45) is 1.84. The molecule has 0 fully saturated rings. The molecule has 72 valence electrons. The van der Waals surface area contributed by atoms with Crippen molar-refractivity contribution in [3.8, 4) is 0 Å². The van der Waals surface area contributed by atoms with Crippen LogP contribution in [0.3, 0.4) is 0 Å². The molecule has 13 heavy (non-hydrogen) atoms. The van der Waals surface area contributed by atoms with E-state index in [1.54, 1.807) is 0 Å². The summed E-state index contributed by atoms with van der Waals surface area (Å²) >= 11 is 3.44. The monoisotopic (exact) mass is 242 g/mol. The fourth-order valence-corrected chi connectivity index (χ4v) is 1.69. The summed E-state index contributed by atoms with van der Waals surface area (Å²) in [6.45, 7) is 5.27. The summed E-state index contributed by atoms with van der Waals surface area (Å²) in [7, 11) is 0. The number of hydrogen-bond donors (Lipinski definition) is 0. The molecule has 0 aliphatic rings. The SMILES string of the molecule is CCN(CCBr)Cc1ccccn1. The van der Waals surface area contributed by atoms with Gasteiger partial charge in [0.2, 0.25) is 0 Å². The van der Waals surface area contributed by atoms with E-state index in [0.717, 1.165) is 30.7 Å². The number of rotatable bonds is 5. The second-order valence-electron chi connectivity index (χ2n) is 2.88. The molecule has 0 unspecified atom stereocenters. The van der Waals surface area contributed by atoms with Crippen molar-refractivity contribution in [1.82, 2.24) is 9.88 Å². The fraction of sp³-hybridized carbons (Fsp3) is 0.500. The molecule has 0 saturated heterocycles. The minimum atomic E-state index is 0.947. The average molecular weight is 243 g/mol. The summed E-state index contributed by atoms with van der Waals surface area (Å²) in [5, 5.41) is 1.02. The molecule has 1 aromatic heterocycles. The average Bonchev–Trinajstić information content (AvgIpc) is 2.19. The number of aromatic nitrogens is 1. The normalized spacial score (nSPS) is 10.7. The first-order chi connectivity index (χ1) is 6.36. The van der Waals surface area contributed by atoms with Crippen LogP contribution >= 0.6 is 15.9 Å². The number of alkyl halides is 1. The van der Waals surface area contributed by atoms with E-state index in [-0.39, 0.29) is 0 Å². The largest absolute Gasteiger partial charge is 0.297 e. The molecule has 1 heterocycles. The first kappa shape index (κ1) is 10.7. The van der Waals surface area contributed by atoms with Crippen molar-refractivity contribution in [1.29, 1.82) is 0 Å². The zero-order valence-electron chi connectivity index (χ0n) is 7.91. The Morgan fingerprint density at radius 3 is 2.85 bits per heavy atom. The topological polar surface area (TPSA) is 16.1 Å². The maximum Gasteiger partial charge on any atom is 0.0543 e. The molecule has 0 amide bonds. The van der Waals surface area contributed by atoms with Gasteiger partial charge in [-0.3, -0.25) is 9.88 Å². The fourth-order valence-electron chi connectivity index (χ4n) is 1.19. The number of hydrogen-bond acceptors (Lipinski definition) is 2. The molecule has 3 heteroatoms. The lowest BCUT2D eigenvalue weighted by Crippen LogP contribution is -2.25. The zero-order valence-corrected chi connectivity index (χ0v) is 9.50. The van der Waals surface area contributed by atoms with Gasteiger partial charge >= 0.3 is 0 Å². The van der Waals surface area contributed by atoms with E-state index in [4.69, 9.17) is 0 Å². The molecule has 1 aromatic rings. The lowest BCUT2D eigenvalue weighted by molar-refractivity contribution is 0.295. The molecule has 0 aliphatic heterocycles. The minimum absolute atomic E-state index is 0.947. The molecule has 0 bridgehead atoms. The molecular formula is C10H15BrN2. The first-order valence-electron chi connectivity index (χ1n) is 4.55. The Morgan fingerprint density at radius 2 is 2.31 bits per heavy atom. The van der Waals surface area contributed by atoms with Crippen molar-refractivity contribution in [2.75, 3.05) is 18.4 Å². The van der Waals surface area contributed by atoms with Crippen LogP contribution in [0, 0.1) is 0 Å². The minimum Gasteiger partial charge on any atom is -0.297 e. The Balaban J connectivity index is 2.46. The van der Waals surface area contributed by atoms with Crippen LogP contribution in [-0.4, -0.2) is 28.3 Å². The third-order valence-electron chi connectivity index (χ3n) is 1.96. The number of pyridine rings is 1. The van der Waals surface area contributed by atoms with Crippen molar-refractivity contribution in [3.63, 3.8) is 0 Å². The van der Waals surface area contributed by atoms with E-state index in [0.29, 0.717) is 0 Å². The van der Waals surface area contributed by atoms with Gasteiger partial charge in [0.1, 0.15) is 0 Å². The van der Waals surface area contributed by atoms with Crippen LogP contribution in [0.5, 0.6) is 0 Å². The highest BCUT2D eigenvalue weighted by Crippen LogP contribution is 2.00. The van der Waals surface area contributed by atoms with E-state index in [9.17, 15) is 0 Å². The van der Waals surface area contributed by atoms with Gasteiger partial charge in [-0.2, -0.15) is 0 Å². The van der Waals surface area contributed by atoms with Gasteiger partial charge in [0.15, 0.2) is 0 Å². The van der Waals surface area contributed by atoms with Crippen LogP contribution in [-0.2, 0) is 6.54 Å². The second-order valence-corrected chi connectivity index (χ2v) is 3.67. The molecule has 0 N–H and O–H groups in total. The summed E-state index contributed by atoms with van der Waals surface area (Å²) in [6, 6.07) is 6.05. The molecule has 0 spiro atoms. The van der Waals surface area contributed by atoms with Gasteiger partial charge in [-0.05, 0) is 18.7 Å². The van der Waals surface area contributed by atoms with Crippen molar-refractivity contribution in [2.24, 2.45) is 0 Å². The van der Waals surface area contributed by atoms with Crippen LogP contribution in [0.25, 0.3) is 0 Å². The first-order valence-corrected chi connectivity index (χ1v) is 5.67. The van der Waals surface area contributed by atoms with E-state index in [1.807, 2.05) is 18.3 Å². The second kappa shape index (κ2) is 6.11. The van der Waals surface area contributed by atoms with Crippen LogP contribution in [0.4, 0.5) is 0 Å². The van der Waals surface area contributed by atoms with E-state index >= 15 is 0 Å². The third kappa shape index (κ3) is 3.87. The molecule has 1 rings (SSSR count). The van der Waals surface area contributed by atoms with Gasteiger partial charge in [0.25, 0.3) is 0 Å². The quantitative estimate of drug-likeness (QED) is 0.737. The van der Waals surface area contributed by atoms with Crippen molar-refractivity contribution in [2.45, 2.75) is 13.5 Å². The van der Waals surface area contributed by atoms with Crippen molar-refractivity contribution >= 4 is 15.9 Å². The summed E-state index contributed by atoms with van der Waals surface area (Å²) in [5.74, 6) is 0. The standard InChI is InChI=1S/C10H15BrN2/c1-2-13(8-6-11)9-10-5-3-4-7-12-10/h3-5,7H,2,6,8-9H2,1H3. The lowest BCUT2D eigenvalue weighted by Gasteiger charge is -2.18. The Morgan fingerprint density at radius 1 is 1.46 bits per heavy atom. The van der Waals surface area contributed by atoms with Gasteiger partial charge in [0, 0.05) is 24.6 Å². The maximum atomic E-state index is 4.29. The Hall–Kier alpha value is -0.410. The number of halogens is 1. The van der Waals surface area contributed by atoms with E-state index in [2.05, 4.69) is 38.8 Å². The molecule has 0 aliphatic carbocycles. The molecular weight excluding hydrogens is 228 g/mol. The summed E-state index contributed by atoms with van der Waals surface area (Å²) in [4.78, 5) is 6.65. The predicted molar refractivity (Wildman–Crippen MR) is 59.0 cm³/mol. The van der Waals surface area contributed by atoms with Gasteiger partial charge < -0.3 is 0 Å². The third-order valence-corrected chi connectivity index (χ3v) is 2.31. The van der Waals surface area contributed by atoms with Crippen LogP contribution in [0.15, 0.2) is 24.4 Å². The van der Waals surface area contributed by atoms with E-state index < -0.39 is 0 Å². The summed E-state index contributed by atoms with van der Waals surface area (Å²) in [5.41, 5.74) is 1.14. The highest BCUT2D eigenvalue weighted by Gasteiger charge is 2.02. The molecule has 0 saturated carbocycles. The Kier molecular flexibility index (Phi) is 5.01. The molecule has 2 nitrogen and oxygen atoms in total. The highest BCUT2D eigenvalue weighted by atomic mass is 79.9. The van der Waals surface area contributed by atoms with Crippen LogP contribution in [0.1, 0.15) is 12.6 Å². The van der Waals surface area contributed by atoms with Gasteiger partial charge in [0.05, 0.1) is 5.69 Å². The number of nitrogens with zero attached hydrogens (tertiary/aromatic N) is 2. The molecule has 0 atom stereocenters. The van der Waals surface area contributed by atoms with Crippen LogP contribution < -0.4 is 0 Å². The molecule has 0 aromatic carbocycles. The van der Waals surface area contributed by atoms with Crippen molar-refractivity contribution in [3.05, 3.63) is 30.1 Å². The van der Waals surface area contributed by atoms with Gasteiger partial charge in [-0.1, -0.05) is 28.9 Å². The smallest absolute Gasteiger partial charge is 0.0543 e. The Labute approximate surface area is 88.1 Å². The zero-order chi connectivity index (χ0) is 9.52.